The van der Waals surface area contributed by atoms with Gasteiger partial charge in [0.2, 0.25) is 5.91 Å². The van der Waals surface area contributed by atoms with Crippen LogP contribution in [0.5, 0.6) is 0 Å². The van der Waals surface area contributed by atoms with Crippen LogP contribution in [-0.2, 0) is 16.1 Å². The van der Waals surface area contributed by atoms with Crippen molar-refractivity contribution in [2.45, 2.75) is 25.5 Å². The molecule has 0 aromatic heterocycles. The molecule has 2 saturated heterocycles. The van der Waals surface area contributed by atoms with Crippen LogP contribution in [-0.4, -0.2) is 36.0 Å². The average molecular weight is 274 g/mol. The highest BCUT2D eigenvalue weighted by atomic mass is 16.6. The van der Waals surface area contributed by atoms with E-state index < -0.39 is 0 Å². The summed E-state index contributed by atoms with van der Waals surface area (Å²) >= 11 is 0. The van der Waals surface area contributed by atoms with Gasteiger partial charge in [-0.1, -0.05) is 30.3 Å². The lowest BCUT2D eigenvalue weighted by atomic mass is 9.94. The van der Waals surface area contributed by atoms with Crippen LogP contribution < -0.4 is 5.32 Å². The van der Waals surface area contributed by atoms with E-state index in [1.54, 1.807) is 4.90 Å². The maximum Gasteiger partial charge on any atom is 0.410 e. The largest absolute Gasteiger partial charge is 0.445 e. The van der Waals surface area contributed by atoms with Crippen molar-refractivity contribution >= 4 is 12.0 Å². The zero-order valence-corrected chi connectivity index (χ0v) is 11.2. The van der Waals surface area contributed by atoms with Gasteiger partial charge in [-0.2, -0.15) is 0 Å². The predicted octanol–water partition coefficient (Wildman–Crippen LogP) is 1.53. The normalized spacial score (nSPS) is 25.0. The van der Waals surface area contributed by atoms with Crippen LogP contribution in [0.2, 0.25) is 0 Å². The Hall–Kier alpha value is -2.04. The molecule has 5 nitrogen and oxygen atoms in total. The summed E-state index contributed by atoms with van der Waals surface area (Å²) in [4.78, 5) is 25.1. The lowest BCUT2D eigenvalue weighted by Gasteiger charge is -2.33. The van der Waals surface area contributed by atoms with E-state index >= 15 is 0 Å². The number of benzene rings is 1. The van der Waals surface area contributed by atoms with Gasteiger partial charge >= 0.3 is 6.09 Å². The third kappa shape index (κ3) is 2.76. The lowest BCUT2D eigenvalue weighted by molar-refractivity contribution is -0.119. The number of ether oxygens (including phenoxy) is 1. The first-order valence-corrected chi connectivity index (χ1v) is 6.97. The summed E-state index contributed by atoms with van der Waals surface area (Å²) in [5.74, 6) is 0.333. The van der Waals surface area contributed by atoms with Crippen molar-refractivity contribution in [2.75, 3.05) is 13.1 Å². The molecule has 0 unspecified atom stereocenters. The summed E-state index contributed by atoms with van der Waals surface area (Å²) in [5, 5.41) is 2.96. The SMILES string of the molecule is O=C1C[C@H]2CN(C(=O)OCc3ccccc3)CC[C@H]2N1. The molecule has 2 atom stereocenters. The minimum Gasteiger partial charge on any atom is -0.445 e. The summed E-state index contributed by atoms with van der Waals surface area (Å²) in [6, 6.07) is 9.87. The number of fused-ring (bicyclic) bond motifs is 1. The Morgan fingerprint density at radius 2 is 2.15 bits per heavy atom. The molecule has 1 aromatic carbocycles. The van der Waals surface area contributed by atoms with Crippen LogP contribution in [0, 0.1) is 5.92 Å². The molecule has 0 spiro atoms. The highest BCUT2D eigenvalue weighted by Crippen LogP contribution is 2.25. The van der Waals surface area contributed by atoms with Crippen molar-refractivity contribution in [1.29, 1.82) is 0 Å². The number of amides is 2. The molecule has 0 saturated carbocycles. The summed E-state index contributed by atoms with van der Waals surface area (Å²) in [6.07, 6.45) is 1.05. The molecule has 106 valence electrons. The van der Waals surface area contributed by atoms with Gasteiger partial charge < -0.3 is 15.0 Å². The summed E-state index contributed by atoms with van der Waals surface area (Å²) in [6.45, 7) is 1.55. The Balaban J connectivity index is 1.52. The average Bonchev–Trinajstić information content (AvgIpc) is 2.85. The van der Waals surface area contributed by atoms with Crippen LogP contribution >= 0.6 is 0 Å². The summed E-state index contributed by atoms with van der Waals surface area (Å²) in [7, 11) is 0. The molecule has 0 radical (unpaired) electrons. The van der Waals surface area contributed by atoms with E-state index in [0.717, 1.165) is 12.0 Å². The molecule has 0 bridgehead atoms. The second kappa shape index (κ2) is 5.53. The van der Waals surface area contributed by atoms with Gasteiger partial charge in [0.1, 0.15) is 6.61 Å². The number of nitrogens with one attached hydrogen (secondary N) is 1. The first-order chi connectivity index (χ1) is 9.72. The van der Waals surface area contributed by atoms with Crippen LogP contribution in [0.1, 0.15) is 18.4 Å². The van der Waals surface area contributed by atoms with Crippen molar-refractivity contribution in [1.82, 2.24) is 10.2 Å². The summed E-state index contributed by atoms with van der Waals surface area (Å²) in [5.41, 5.74) is 0.980. The van der Waals surface area contributed by atoms with Crippen molar-refractivity contribution in [3.05, 3.63) is 35.9 Å². The zero-order valence-electron chi connectivity index (χ0n) is 11.2. The first kappa shape index (κ1) is 13.0. The van der Waals surface area contributed by atoms with Gasteiger partial charge in [-0.15, -0.1) is 0 Å². The third-order valence-electron chi connectivity index (χ3n) is 3.99. The Morgan fingerprint density at radius 3 is 2.95 bits per heavy atom. The van der Waals surface area contributed by atoms with Crippen molar-refractivity contribution in [2.24, 2.45) is 5.92 Å². The maximum absolute atomic E-state index is 12.0. The number of likely N-dealkylation sites (tertiary alicyclic amines) is 1. The minimum atomic E-state index is -0.286. The van der Waals surface area contributed by atoms with Crippen LogP contribution in [0.25, 0.3) is 0 Å². The first-order valence-electron chi connectivity index (χ1n) is 6.97. The highest BCUT2D eigenvalue weighted by Gasteiger charge is 2.38. The summed E-state index contributed by atoms with van der Waals surface area (Å²) < 4.78 is 5.32. The van der Waals surface area contributed by atoms with E-state index in [4.69, 9.17) is 4.74 Å². The van der Waals surface area contributed by atoms with Crippen molar-refractivity contribution in [3.8, 4) is 0 Å². The van der Waals surface area contributed by atoms with Crippen molar-refractivity contribution in [3.63, 3.8) is 0 Å². The van der Waals surface area contributed by atoms with Crippen LogP contribution in [0.3, 0.4) is 0 Å². The molecule has 3 rings (SSSR count). The van der Waals surface area contributed by atoms with Gasteiger partial charge in [0.15, 0.2) is 0 Å². The van der Waals surface area contributed by atoms with E-state index in [9.17, 15) is 9.59 Å². The number of piperidine rings is 1. The van der Waals surface area contributed by atoms with Gasteiger partial charge in [0.25, 0.3) is 0 Å². The molecule has 2 heterocycles. The molecule has 5 heteroatoms. The molecule has 2 aliphatic heterocycles. The number of hydrogen-bond donors (Lipinski definition) is 1. The van der Waals surface area contributed by atoms with E-state index in [1.807, 2.05) is 30.3 Å². The fourth-order valence-corrected chi connectivity index (χ4v) is 2.91. The number of carbonyl (C=O) groups excluding carboxylic acids is 2. The van der Waals surface area contributed by atoms with Crippen LogP contribution in [0.15, 0.2) is 30.3 Å². The topological polar surface area (TPSA) is 58.6 Å². The highest BCUT2D eigenvalue weighted by molar-refractivity contribution is 5.79. The van der Waals surface area contributed by atoms with Gasteiger partial charge in [-0.05, 0) is 12.0 Å². The molecule has 2 aliphatic rings. The van der Waals surface area contributed by atoms with Gasteiger partial charge in [0.05, 0.1) is 0 Å². The predicted molar refractivity (Wildman–Crippen MR) is 72.9 cm³/mol. The molecule has 1 aromatic rings. The van der Waals surface area contributed by atoms with E-state index in [-0.39, 0.29) is 24.0 Å². The second-order valence-corrected chi connectivity index (χ2v) is 5.41. The maximum atomic E-state index is 12.0. The molecule has 2 fully saturated rings. The Kier molecular flexibility index (Phi) is 3.58. The number of nitrogens with zero attached hydrogens (tertiary/aromatic N) is 1. The van der Waals surface area contributed by atoms with E-state index in [2.05, 4.69) is 5.32 Å². The molecular formula is C15H18N2O3. The molecule has 1 N–H and O–H groups in total. The third-order valence-corrected chi connectivity index (χ3v) is 3.99. The number of rotatable bonds is 2. The van der Waals surface area contributed by atoms with E-state index in [0.29, 0.717) is 26.1 Å². The lowest BCUT2D eigenvalue weighted by Crippen LogP contribution is -2.47. The fraction of sp³-hybridized carbons (Fsp3) is 0.467. The van der Waals surface area contributed by atoms with E-state index in [1.165, 1.54) is 0 Å². The minimum absolute atomic E-state index is 0.0968. The molecule has 2 amide bonds. The monoisotopic (exact) mass is 274 g/mol. The standard InChI is InChI=1S/C15H18N2O3/c18-14-8-12-9-17(7-6-13(12)16-14)15(19)20-10-11-4-2-1-3-5-11/h1-5,12-13H,6-10H2,(H,16,18)/t12-,13+/m0/s1. The van der Waals surface area contributed by atoms with Gasteiger partial charge in [0, 0.05) is 31.5 Å². The smallest absolute Gasteiger partial charge is 0.410 e. The Morgan fingerprint density at radius 1 is 1.35 bits per heavy atom. The van der Waals surface area contributed by atoms with Gasteiger partial charge in [-0.3, -0.25) is 4.79 Å². The molecule has 0 aliphatic carbocycles. The zero-order chi connectivity index (χ0) is 13.9. The van der Waals surface area contributed by atoms with Crippen LogP contribution in [0.4, 0.5) is 4.79 Å². The molecular weight excluding hydrogens is 256 g/mol. The quantitative estimate of drug-likeness (QED) is 0.890. The molecule has 20 heavy (non-hydrogen) atoms. The second-order valence-electron chi connectivity index (χ2n) is 5.41. The number of hydrogen-bond acceptors (Lipinski definition) is 3. The fourth-order valence-electron chi connectivity index (χ4n) is 2.91. The Bertz CT molecular complexity index is 503. The van der Waals surface area contributed by atoms with Crippen molar-refractivity contribution < 1.29 is 14.3 Å². The van der Waals surface area contributed by atoms with Gasteiger partial charge in [-0.25, -0.2) is 4.79 Å². The Labute approximate surface area is 117 Å². The number of carbonyl (C=O) groups is 2.